The summed E-state index contributed by atoms with van der Waals surface area (Å²) in [5.74, 6) is 2.71. The summed E-state index contributed by atoms with van der Waals surface area (Å²) in [5, 5.41) is 7.93. The number of aromatic nitrogens is 3. The third kappa shape index (κ3) is 1.74. The van der Waals surface area contributed by atoms with Gasteiger partial charge in [0, 0.05) is 26.6 Å². The lowest BCUT2D eigenvalue weighted by Gasteiger charge is -2.08. The molecule has 1 aromatic rings. The van der Waals surface area contributed by atoms with E-state index in [0.29, 0.717) is 18.1 Å². The smallest absolute Gasteiger partial charge is 0.154 e. The first-order valence-electron chi connectivity index (χ1n) is 5.95. The Morgan fingerprint density at radius 2 is 2.25 bits per heavy atom. The second kappa shape index (κ2) is 3.82. The van der Waals surface area contributed by atoms with Gasteiger partial charge in [-0.05, 0) is 19.3 Å². The van der Waals surface area contributed by atoms with Gasteiger partial charge in [-0.3, -0.25) is 4.68 Å². The first-order chi connectivity index (χ1) is 7.78. The predicted octanol–water partition coefficient (Wildman–Crippen LogP) is 0.742. The molecule has 16 heavy (non-hydrogen) atoms. The summed E-state index contributed by atoms with van der Waals surface area (Å²) in [6.07, 6.45) is 3.81. The van der Waals surface area contributed by atoms with Crippen molar-refractivity contribution < 1.29 is 4.74 Å². The molecule has 5 nitrogen and oxygen atoms in total. The molecule has 0 amide bonds. The first-order valence-corrected chi connectivity index (χ1v) is 5.95. The van der Waals surface area contributed by atoms with Gasteiger partial charge in [0.05, 0.1) is 12.1 Å². The fourth-order valence-corrected chi connectivity index (χ4v) is 2.31. The molecule has 1 saturated carbocycles. The van der Waals surface area contributed by atoms with Gasteiger partial charge in [0.15, 0.2) is 5.82 Å². The van der Waals surface area contributed by atoms with Gasteiger partial charge in [-0.1, -0.05) is 0 Å². The standard InChI is InChI=1S/C11H18N4O/c1-15-11(9-5-8(16-2)6-12-9)13-10(14-15)7-3-4-7/h7-9,12H,3-6H2,1-2H3. The molecular weight excluding hydrogens is 204 g/mol. The average molecular weight is 222 g/mol. The molecule has 2 heterocycles. The maximum Gasteiger partial charge on any atom is 0.154 e. The number of aryl methyl sites for hydroxylation is 1. The summed E-state index contributed by atoms with van der Waals surface area (Å²) in [6, 6.07) is 0.301. The third-order valence-electron chi connectivity index (χ3n) is 3.49. The summed E-state index contributed by atoms with van der Waals surface area (Å²) in [6.45, 7) is 0.910. The summed E-state index contributed by atoms with van der Waals surface area (Å²) in [7, 11) is 3.75. The zero-order valence-corrected chi connectivity index (χ0v) is 9.81. The highest BCUT2D eigenvalue weighted by atomic mass is 16.5. The average Bonchev–Trinajstić information content (AvgIpc) is 2.89. The van der Waals surface area contributed by atoms with Gasteiger partial charge in [-0.25, -0.2) is 4.98 Å². The van der Waals surface area contributed by atoms with Crippen molar-refractivity contribution in [2.45, 2.75) is 37.3 Å². The van der Waals surface area contributed by atoms with Crippen LogP contribution in [0.2, 0.25) is 0 Å². The molecule has 0 spiro atoms. The Kier molecular flexibility index (Phi) is 2.44. The number of nitrogens with one attached hydrogen (secondary N) is 1. The fourth-order valence-electron chi connectivity index (χ4n) is 2.31. The maximum absolute atomic E-state index is 5.35. The number of hydrogen-bond donors (Lipinski definition) is 1. The van der Waals surface area contributed by atoms with Crippen LogP contribution in [0.25, 0.3) is 0 Å². The van der Waals surface area contributed by atoms with Gasteiger partial charge in [0.2, 0.25) is 0 Å². The van der Waals surface area contributed by atoms with Crippen LogP contribution in [-0.2, 0) is 11.8 Å². The molecule has 1 saturated heterocycles. The molecular formula is C11H18N4O. The largest absolute Gasteiger partial charge is 0.380 e. The normalized spacial score (nSPS) is 29.9. The molecule has 2 unspecified atom stereocenters. The summed E-state index contributed by atoms with van der Waals surface area (Å²) in [5.41, 5.74) is 0. The minimum atomic E-state index is 0.301. The van der Waals surface area contributed by atoms with E-state index in [9.17, 15) is 0 Å². The van der Waals surface area contributed by atoms with Crippen LogP contribution in [-0.4, -0.2) is 34.5 Å². The Balaban J connectivity index is 1.78. The molecule has 2 atom stereocenters. The second-order valence-corrected chi connectivity index (χ2v) is 4.78. The minimum Gasteiger partial charge on any atom is -0.380 e. The Morgan fingerprint density at radius 1 is 1.44 bits per heavy atom. The first kappa shape index (κ1) is 10.2. The quantitative estimate of drug-likeness (QED) is 0.819. The Morgan fingerprint density at radius 3 is 2.88 bits per heavy atom. The Bertz CT molecular complexity index is 385. The topological polar surface area (TPSA) is 52.0 Å². The van der Waals surface area contributed by atoms with Crippen molar-refractivity contribution in [1.82, 2.24) is 20.1 Å². The van der Waals surface area contributed by atoms with E-state index in [-0.39, 0.29) is 0 Å². The lowest BCUT2D eigenvalue weighted by atomic mass is 10.2. The van der Waals surface area contributed by atoms with Crippen LogP contribution in [0.4, 0.5) is 0 Å². The SMILES string of the molecule is COC1CNC(c2nc(C3CC3)nn2C)C1. The van der Waals surface area contributed by atoms with Gasteiger partial charge in [0.1, 0.15) is 5.82 Å². The van der Waals surface area contributed by atoms with Gasteiger partial charge in [0.25, 0.3) is 0 Å². The highest BCUT2D eigenvalue weighted by molar-refractivity contribution is 5.09. The van der Waals surface area contributed by atoms with Gasteiger partial charge in [-0.15, -0.1) is 0 Å². The van der Waals surface area contributed by atoms with Crippen molar-refractivity contribution in [2.75, 3.05) is 13.7 Å². The van der Waals surface area contributed by atoms with Crippen LogP contribution < -0.4 is 5.32 Å². The minimum absolute atomic E-state index is 0.301. The number of methoxy groups -OCH3 is 1. The maximum atomic E-state index is 5.35. The van der Waals surface area contributed by atoms with E-state index < -0.39 is 0 Å². The van der Waals surface area contributed by atoms with Crippen molar-refractivity contribution >= 4 is 0 Å². The molecule has 2 fully saturated rings. The van der Waals surface area contributed by atoms with Gasteiger partial charge >= 0.3 is 0 Å². The lowest BCUT2D eigenvalue weighted by Crippen LogP contribution is -2.18. The molecule has 3 rings (SSSR count). The summed E-state index contributed by atoms with van der Waals surface area (Å²) < 4.78 is 7.27. The van der Waals surface area contributed by atoms with Crippen molar-refractivity contribution in [3.63, 3.8) is 0 Å². The van der Waals surface area contributed by atoms with Crippen LogP contribution in [0.15, 0.2) is 0 Å². The zero-order valence-electron chi connectivity index (χ0n) is 9.81. The number of hydrogen-bond acceptors (Lipinski definition) is 4. The molecule has 1 aromatic heterocycles. The molecule has 0 bridgehead atoms. The zero-order chi connectivity index (χ0) is 11.1. The van der Waals surface area contributed by atoms with E-state index in [2.05, 4.69) is 15.4 Å². The van der Waals surface area contributed by atoms with Crippen LogP contribution >= 0.6 is 0 Å². The van der Waals surface area contributed by atoms with E-state index in [4.69, 9.17) is 4.74 Å². The molecule has 88 valence electrons. The molecule has 1 aliphatic carbocycles. The molecule has 0 radical (unpaired) electrons. The monoisotopic (exact) mass is 222 g/mol. The number of rotatable bonds is 3. The predicted molar refractivity (Wildman–Crippen MR) is 59.1 cm³/mol. The van der Waals surface area contributed by atoms with Crippen LogP contribution in [0.1, 0.15) is 42.9 Å². The molecule has 1 N–H and O–H groups in total. The molecule has 2 aliphatic rings. The van der Waals surface area contributed by atoms with Crippen LogP contribution in [0, 0.1) is 0 Å². The third-order valence-corrected chi connectivity index (χ3v) is 3.49. The van der Waals surface area contributed by atoms with E-state index in [1.54, 1.807) is 7.11 Å². The van der Waals surface area contributed by atoms with Crippen LogP contribution in [0.3, 0.4) is 0 Å². The highest BCUT2D eigenvalue weighted by Crippen LogP contribution is 2.38. The second-order valence-electron chi connectivity index (χ2n) is 4.78. The number of nitrogens with zero attached hydrogens (tertiary/aromatic N) is 3. The van der Waals surface area contributed by atoms with Gasteiger partial charge < -0.3 is 10.1 Å². The number of ether oxygens (including phenoxy) is 1. The Labute approximate surface area is 95.2 Å². The molecule has 1 aliphatic heterocycles. The van der Waals surface area contributed by atoms with Crippen molar-refractivity contribution in [1.29, 1.82) is 0 Å². The summed E-state index contributed by atoms with van der Waals surface area (Å²) >= 11 is 0. The van der Waals surface area contributed by atoms with Crippen LogP contribution in [0.5, 0.6) is 0 Å². The Hall–Kier alpha value is -0.940. The van der Waals surface area contributed by atoms with E-state index in [0.717, 1.165) is 24.6 Å². The van der Waals surface area contributed by atoms with E-state index in [1.807, 2.05) is 11.7 Å². The van der Waals surface area contributed by atoms with Crippen molar-refractivity contribution in [3.8, 4) is 0 Å². The van der Waals surface area contributed by atoms with Gasteiger partial charge in [-0.2, -0.15) is 5.10 Å². The summed E-state index contributed by atoms with van der Waals surface area (Å²) in [4.78, 5) is 4.66. The van der Waals surface area contributed by atoms with Crippen molar-refractivity contribution in [2.24, 2.45) is 7.05 Å². The van der Waals surface area contributed by atoms with Crippen molar-refractivity contribution in [3.05, 3.63) is 11.6 Å². The fraction of sp³-hybridized carbons (Fsp3) is 0.818. The molecule has 5 heteroatoms. The highest BCUT2D eigenvalue weighted by Gasteiger charge is 2.32. The lowest BCUT2D eigenvalue weighted by molar-refractivity contribution is 0.117. The van der Waals surface area contributed by atoms with E-state index in [1.165, 1.54) is 12.8 Å². The van der Waals surface area contributed by atoms with E-state index >= 15 is 0 Å². The molecule has 0 aromatic carbocycles.